The average Bonchev–Trinajstić information content (AvgIpc) is 2.84. The van der Waals surface area contributed by atoms with E-state index in [0.717, 1.165) is 16.3 Å². The van der Waals surface area contributed by atoms with Crippen molar-refractivity contribution in [2.75, 3.05) is 20.6 Å². The SMILES string of the molecule is CC(C)CN(C=O)C(=N)/C(C(=O)N(C)C)=C(\NCc1cccc2ccccc12)c1ccncc1. The molecule has 1 aromatic heterocycles. The number of fused-ring (bicyclic) bond motifs is 1. The zero-order valence-electron chi connectivity index (χ0n) is 20.1. The summed E-state index contributed by atoms with van der Waals surface area (Å²) in [7, 11) is 3.27. The van der Waals surface area contributed by atoms with Gasteiger partial charge in [-0.2, -0.15) is 0 Å². The molecular weight excluding hydrogens is 426 g/mol. The zero-order chi connectivity index (χ0) is 24.7. The molecule has 0 saturated heterocycles. The fourth-order valence-electron chi connectivity index (χ4n) is 3.76. The molecule has 0 radical (unpaired) electrons. The first-order valence-electron chi connectivity index (χ1n) is 11.2. The molecule has 7 nitrogen and oxygen atoms in total. The molecule has 3 aromatic rings. The Hall–Kier alpha value is -4.00. The summed E-state index contributed by atoms with van der Waals surface area (Å²) in [5.41, 5.74) is 2.38. The number of nitrogens with zero attached hydrogens (tertiary/aromatic N) is 3. The van der Waals surface area contributed by atoms with Crippen molar-refractivity contribution in [3.63, 3.8) is 0 Å². The van der Waals surface area contributed by atoms with Crippen molar-refractivity contribution in [1.29, 1.82) is 5.41 Å². The van der Waals surface area contributed by atoms with E-state index in [1.54, 1.807) is 38.6 Å². The van der Waals surface area contributed by atoms with Gasteiger partial charge in [-0.25, -0.2) is 0 Å². The van der Waals surface area contributed by atoms with Gasteiger partial charge < -0.3 is 10.2 Å². The molecule has 1 heterocycles. The first kappa shape index (κ1) is 24.6. The molecule has 34 heavy (non-hydrogen) atoms. The molecule has 0 aliphatic heterocycles. The number of benzene rings is 2. The van der Waals surface area contributed by atoms with Crippen molar-refractivity contribution < 1.29 is 9.59 Å². The first-order chi connectivity index (χ1) is 16.3. The van der Waals surface area contributed by atoms with Crippen LogP contribution in [0.15, 0.2) is 72.6 Å². The summed E-state index contributed by atoms with van der Waals surface area (Å²) in [5, 5.41) is 14.5. The van der Waals surface area contributed by atoms with Gasteiger partial charge in [-0.15, -0.1) is 0 Å². The highest BCUT2D eigenvalue weighted by Crippen LogP contribution is 2.23. The highest BCUT2D eigenvalue weighted by molar-refractivity contribution is 6.25. The van der Waals surface area contributed by atoms with Crippen LogP contribution in [0.25, 0.3) is 16.5 Å². The van der Waals surface area contributed by atoms with Crippen molar-refractivity contribution >= 4 is 34.6 Å². The maximum Gasteiger partial charge on any atom is 0.259 e. The topological polar surface area (TPSA) is 89.4 Å². The summed E-state index contributed by atoms with van der Waals surface area (Å²) in [6, 6.07) is 17.8. The van der Waals surface area contributed by atoms with E-state index in [1.165, 1.54) is 9.80 Å². The van der Waals surface area contributed by atoms with Gasteiger partial charge in [-0.05, 0) is 34.4 Å². The second-order valence-corrected chi connectivity index (χ2v) is 8.68. The van der Waals surface area contributed by atoms with Crippen LogP contribution in [-0.4, -0.2) is 53.6 Å². The van der Waals surface area contributed by atoms with E-state index in [1.807, 2.05) is 38.1 Å². The lowest BCUT2D eigenvalue weighted by atomic mass is 10.0. The Labute approximate surface area is 200 Å². The van der Waals surface area contributed by atoms with Crippen LogP contribution in [0.2, 0.25) is 0 Å². The Bertz CT molecular complexity index is 1200. The summed E-state index contributed by atoms with van der Waals surface area (Å²) >= 11 is 0. The Kier molecular flexibility index (Phi) is 8.14. The number of rotatable bonds is 9. The number of carbonyl (C=O) groups is 2. The minimum atomic E-state index is -0.363. The van der Waals surface area contributed by atoms with Crippen LogP contribution in [0.4, 0.5) is 0 Å². The van der Waals surface area contributed by atoms with Gasteiger partial charge in [0, 0.05) is 45.1 Å². The third-order valence-corrected chi connectivity index (χ3v) is 5.39. The van der Waals surface area contributed by atoms with E-state index < -0.39 is 0 Å². The standard InChI is InChI=1S/C27H31N5O2/c1-19(2)17-32(18-33)26(28)24(27(34)31(3)4)25(21-12-14-29-15-13-21)30-16-22-10-7-9-20-8-5-6-11-23(20)22/h5-15,18-19,28,30H,16-17H2,1-4H3/b25-24+,28-26?. The van der Waals surface area contributed by atoms with Crippen LogP contribution >= 0.6 is 0 Å². The number of nitrogens with one attached hydrogen (secondary N) is 2. The molecule has 0 fully saturated rings. The van der Waals surface area contributed by atoms with Crippen LogP contribution < -0.4 is 5.32 Å². The van der Waals surface area contributed by atoms with Gasteiger partial charge >= 0.3 is 0 Å². The maximum atomic E-state index is 13.4. The Morgan fingerprint density at radius 3 is 2.38 bits per heavy atom. The van der Waals surface area contributed by atoms with E-state index >= 15 is 0 Å². The Morgan fingerprint density at radius 1 is 1.06 bits per heavy atom. The number of carbonyl (C=O) groups excluding carboxylic acids is 2. The van der Waals surface area contributed by atoms with Gasteiger partial charge in [-0.1, -0.05) is 56.3 Å². The Balaban J connectivity index is 2.13. The molecule has 0 spiro atoms. The van der Waals surface area contributed by atoms with Gasteiger partial charge in [0.1, 0.15) is 11.4 Å². The summed E-state index contributed by atoms with van der Waals surface area (Å²) in [6.45, 7) is 4.69. The van der Waals surface area contributed by atoms with Gasteiger partial charge in [0.25, 0.3) is 5.91 Å². The van der Waals surface area contributed by atoms with Crippen molar-refractivity contribution in [2.45, 2.75) is 20.4 Å². The minimum Gasteiger partial charge on any atom is -0.380 e. The van der Waals surface area contributed by atoms with E-state index in [-0.39, 0.29) is 23.2 Å². The highest BCUT2D eigenvalue weighted by Gasteiger charge is 2.27. The van der Waals surface area contributed by atoms with E-state index in [9.17, 15) is 9.59 Å². The van der Waals surface area contributed by atoms with E-state index in [2.05, 4.69) is 28.5 Å². The van der Waals surface area contributed by atoms with Crippen LogP contribution in [-0.2, 0) is 16.1 Å². The normalized spacial score (nSPS) is 11.7. The van der Waals surface area contributed by atoms with Crippen molar-refractivity contribution in [3.8, 4) is 0 Å². The number of hydrogen-bond acceptors (Lipinski definition) is 5. The lowest BCUT2D eigenvalue weighted by Gasteiger charge is -2.26. The molecular formula is C27H31N5O2. The molecule has 2 aromatic carbocycles. The number of aromatic nitrogens is 1. The summed E-state index contributed by atoms with van der Waals surface area (Å²) in [6.07, 6.45) is 3.89. The average molecular weight is 458 g/mol. The molecule has 0 unspecified atom stereocenters. The maximum absolute atomic E-state index is 13.4. The molecule has 0 aliphatic carbocycles. The predicted octanol–water partition coefficient (Wildman–Crippen LogP) is 3.92. The minimum absolute atomic E-state index is 0.129. The first-order valence-corrected chi connectivity index (χ1v) is 11.2. The second kappa shape index (κ2) is 11.2. The van der Waals surface area contributed by atoms with Crippen LogP contribution in [0, 0.1) is 11.3 Å². The summed E-state index contributed by atoms with van der Waals surface area (Å²) < 4.78 is 0. The van der Waals surface area contributed by atoms with Gasteiger partial charge in [0.15, 0.2) is 0 Å². The zero-order valence-corrected chi connectivity index (χ0v) is 20.1. The lowest BCUT2D eigenvalue weighted by Crippen LogP contribution is -2.40. The quantitative estimate of drug-likeness (QED) is 0.221. The van der Waals surface area contributed by atoms with Crippen LogP contribution in [0.5, 0.6) is 0 Å². The van der Waals surface area contributed by atoms with Crippen molar-refractivity contribution in [1.82, 2.24) is 20.1 Å². The fourth-order valence-corrected chi connectivity index (χ4v) is 3.76. The third-order valence-electron chi connectivity index (χ3n) is 5.39. The fraction of sp³-hybridized carbons (Fsp3) is 0.259. The number of amidine groups is 1. The molecule has 0 bridgehead atoms. The molecule has 3 rings (SSSR count). The molecule has 0 aliphatic rings. The Morgan fingerprint density at radius 2 is 1.74 bits per heavy atom. The van der Waals surface area contributed by atoms with Crippen LogP contribution in [0.1, 0.15) is 25.0 Å². The number of hydrogen-bond donors (Lipinski definition) is 2. The highest BCUT2D eigenvalue weighted by atomic mass is 16.2. The summed E-state index contributed by atoms with van der Waals surface area (Å²) in [4.78, 5) is 32.0. The summed E-state index contributed by atoms with van der Waals surface area (Å²) in [5.74, 6) is -0.369. The molecule has 7 heteroatoms. The third kappa shape index (κ3) is 5.67. The van der Waals surface area contributed by atoms with Gasteiger partial charge in [0.05, 0.1) is 5.70 Å². The molecule has 0 atom stereocenters. The smallest absolute Gasteiger partial charge is 0.259 e. The van der Waals surface area contributed by atoms with Crippen molar-refractivity contribution in [2.24, 2.45) is 5.92 Å². The van der Waals surface area contributed by atoms with Gasteiger partial charge in [-0.3, -0.25) is 24.9 Å². The predicted molar refractivity (Wildman–Crippen MR) is 136 cm³/mol. The van der Waals surface area contributed by atoms with Gasteiger partial charge in [0.2, 0.25) is 6.41 Å². The monoisotopic (exact) mass is 457 g/mol. The number of pyridine rings is 1. The molecule has 0 saturated carbocycles. The number of amides is 2. The second-order valence-electron chi connectivity index (χ2n) is 8.68. The molecule has 2 N–H and O–H groups in total. The van der Waals surface area contributed by atoms with E-state index in [4.69, 9.17) is 5.41 Å². The van der Waals surface area contributed by atoms with Crippen molar-refractivity contribution in [3.05, 3.63) is 83.7 Å². The number of likely N-dealkylation sites (N-methyl/N-ethyl adjacent to an activating group) is 1. The molecule has 176 valence electrons. The van der Waals surface area contributed by atoms with E-state index in [0.29, 0.717) is 30.8 Å². The van der Waals surface area contributed by atoms with Crippen LogP contribution in [0.3, 0.4) is 0 Å². The molecule has 2 amide bonds. The lowest BCUT2D eigenvalue weighted by molar-refractivity contribution is -0.124. The largest absolute Gasteiger partial charge is 0.380 e.